The maximum absolute atomic E-state index is 5.97. The molecule has 3 rings (SSSR count). The summed E-state index contributed by atoms with van der Waals surface area (Å²) >= 11 is 0. The van der Waals surface area contributed by atoms with Crippen LogP contribution in [-0.2, 0) is 4.74 Å². The Balaban J connectivity index is 1.45. The van der Waals surface area contributed by atoms with Gasteiger partial charge in [-0.3, -0.25) is 4.90 Å². The van der Waals surface area contributed by atoms with Crippen molar-refractivity contribution in [3.8, 4) is 11.5 Å². The normalized spacial score (nSPS) is 24.2. The largest absolute Gasteiger partial charge is 0.493 e. The van der Waals surface area contributed by atoms with Gasteiger partial charge in [-0.25, -0.2) is 0 Å². The number of rotatable bonds is 5. The van der Waals surface area contributed by atoms with E-state index in [4.69, 9.17) is 14.2 Å². The van der Waals surface area contributed by atoms with E-state index in [9.17, 15) is 0 Å². The summed E-state index contributed by atoms with van der Waals surface area (Å²) in [5, 5.41) is 0. The predicted molar refractivity (Wildman–Crippen MR) is 72.8 cm³/mol. The molecule has 2 aliphatic rings. The molecule has 0 saturated carbocycles. The highest BCUT2D eigenvalue weighted by molar-refractivity contribution is 5.39. The summed E-state index contributed by atoms with van der Waals surface area (Å²) < 4.78 is 16.7. The molecule has 2 aliphatic heterocycles. The van der Waals surface area contributed by atoms with Crippen molar-refractivity contribution < 1.29 is 14.2 Å². The van der Waals surface area contributed by atoms with Crippen molar-refractivity contribution in [1.29, 1.82) is 0 Å². The van der Waals surface area contributed by atoms with E-state index in [1.807, 2.05) is 24.3 Å². The number of likely N-dealkylation sites (tertiary alicyclic amines) is 1. The van der Waals surface area contributed by atoms with Crippen molar-refractivity contribution >= 4 is 0 Å². The number of ether oxygens (including phenoxy) is 3. The molecule has 4 heteroatoms. The Hall–Kier alpha value is -1.26. The SMILES string of the molecule is COc1ccccc1OC1CN(C[C@@H]2CCOC2)C1. The van der Waals surface area contributed by atoms with Crippen LogP contribution in [0.25, 0.3) is 0 Å². The number of benzene rings is 1. The summed E-state index contributed by atoms with van der Waals surface area (Å²) in [6, 6.07) is 7.83. The van der Waals surface area contributed by atoms with Gasteiger partial charge in [0, 0.05) is 26.2 Å². The van der Waals surface area contributed by atoms with Crippen LogP contribution in [0.2, 0.25) is 0 Å². The van der Waals surface area contributed by atoms with Gasteiger partial charge in [0.1, 0.15) is 6.10 Å². The Kier molecular flexibility index (Phi) is 3.89. The smallest absolute Gasteiger partial charge is 0.161 e. The van der Waals surface area contributed by atoms with Crippen LogP contribution in [-0.4, -0.2) is 51.0 Å². The van der Waals surface area contributed by atoms with Gasteiger partial charge < -0.3 is 14.2 Å². The van der Waals surface area contributed by atoms with E-state index < -0.39 is 0 Å². The summed E-state index contributed by atoms with van der Waals surface area (Å²) in [5.74, 6) is 2.37. The van der Waals surface area contributed by atoms with Crippen LogP contribution in [0.3, 0.4) is 0 Å². The summed E-state index contributed by atoms with van der Waals surface area (Å²) in [6.07, 6.45) is 1.49. The molecule has 1 atom stereocenters. The van der Waals surface area contributed by atoms with Gasteiger partial charge in [0.25, 0.3) is 0 Å². The molecule has 2 fully saturated rings. The van der Waals surface area contributed by atoms with Crippen LogP contribution >= 0.6 is 0 Å². The standard InChI is InChI=1S/C15H21NO3/c1-17-14-4-2-3-5-15(14)19-13-9-16(10-13)8-12-6-7-18-11-12/h2-5,12-13H,6-11H2,1H3/t12-/m0/s1. The van der Waals surface area contributed by atoms with E-state index in [0.717, 1.165) is 44.3 Å². The summed E-state index contributed by atoms with van der Waals surface area (Å²) in [6.45, 7) is 5.02. The van der Waals surface area contributed by atoms with Gasteiger partial charge in [-0.2, -0.15) is 0 Å². The van der Waals surface area contributed by atoms with Gasteiger partial charge in [0.15, 0.2) is 11.5 Å². The Morgan fingerprint density at radius 2 is 2.05 bits per heavy atom. The number of methoxy groups -OCH3 is 1. The first kappa shape index (κ1) is 12.8. The van der Waals surface area contributed by atoms with Crippen LogP contribution in [0.5, 0.6) is 11.5 Å². The lowest BCUT2D eigenvalue weighted by molar-refractivity contribution is 0.00784. The van der Waals surface area contributed by atoms with Crippen molar-refractivity contribution in [2.45, 2.75) is 12.5 Å². The monoisotopic (exact) mass is 263 g/mol. The van der Waals surface area contributed by atoms with Crippen LogP contribution in [0.15, 0.2) is 24.3 Å². The minimum atomic E-state index is 0.290. The topological polar surface area (TPSA) is 30.9 Å². The molecule has 0 bridgehead atoms. The Bertz CT molecular complexity index is 412. The number of hydrogen-bond donors (Lipinski definition) is 0. The van der Waals surface area contributed by atoms with Crippen LogP contribution in [0.1, 0.15) is 6.42 Å². The number of nitrogens with zero attached hydrogens (tertiary/aromatic N) is 1. The molecule has 2 saturated heterocycles. The van der Waals surface area contributed by atoms with Crippen molar-refractivity contribution in [2.75, 3.05) is 40.0 Å². The van der Waals surface area contributed by atoms with Crippen molar-refractivity contribution in [3.63, 3.8) is 0 Å². The maximum atomic E-state index is 5.97. The average Bonchev–Trinajstić information content (AvgIpc) is 2.89. The lowest BCUT2D eigenvalue weighted by Crippen LogP contribution is -2.55. The van der Waals surface area contributed by atoms with E-state index in [-0.39, 0.29) is 0 Å². The molecule has 0 amide bonds. The van der Waals surface area contributed by atoms with Gasteiger partial charge in [0.2, 0.25) is 0 Å². The average molecular weight is 263 g/mol. The molecule has 2 heterocycles. The van der Waals surface area contributed by atoms with Gasteiger partial charge in [0.05, 0.1) is 13.7 Å². The lowest BCUT2D eigenvalue weighted by Gasteiger charge is -2.40. The highest BCUT2D eigenvalue weighted by Crippen LogP contribution is 2.29. The second kappa shape index (κ2) is 5.80. The van der Waals surface area contributed by atoms with E-state index in [1.165, 1.54) is 6.42 Å². The number of para-hydroxylation sites is 2. The van der Waals surface area contributed by atoms with E-state index >= 15 is 0 Å². The van der Waals surface area contributed by atoms with E-state index in [1.54, 1.807) is 7.11 Å². The maximum Gasteiger partial charge on any atom is 0.161 e. The van der Waals surface area contributed by atoms with Crippen LogP contribution in [0, 0.1) is 5.92 Å². The molecule has 0 aromatic heterocycles. The third-order valence-electron chi connectivity index (χ3n) is 3.83. The quantitative estimate of drug-likeness (QED) is 0.810. The third-order valence-corrected chi connectivity index (χ3v) is 3.83. The second-order valence-corrected chi connectivity index (χ2v) is 5.34. The minimum absolute atomic E-state index is 0.290. The zero-order chi connectivity index (χ0) is 13.1. The molecule has 1 aromatic rings. The van der Waals surface area contributed by atoms with Crippen LogP contribution in [0.4, 0.5) is 0 Å². The lowest BCUT2D eigenvalue weighted by atomic mass is 10.0. The highest BCUT2D eigenvalue weighted by atomic mass is 16.5. The summed E-state index contributed by atoms with van der Waals surface area (Å²) in [7, 11) is 1.68. The van der Waals surface area contributed by atoms with E-state index in [0.29, 0.717) is 12.0 Å². The zero-order valence-electron chi connectivity index (χ0n) is 11.4. The fraction of sp³-hybridized carbons (Fsp3) is 0.600. The van der Waals surface area contributed by atoms with Gasteiger partial charge in [-0.15, -0.1) is 0 Å². The molecule has 0 spiro atoms. The van der Waals surface area contributed by atoms with Crippen molar-refractivity contribution in [3.05, 3.63) is 24.3 Å². The zero-order valence-corrected chi connectivity index (χ0v) is 11.4. The third kappa shape index (κ3) is 3.01. The first-order valence-corrected chi connectivity index (χ1v) is 6.95. The minimum Gasteiger partial charge on any atom is -0.493 e. The summed E-state index contributed by atoms with van der Waals surface area (Å²) in [4.78, 5) is 2.44. The summed E-state index contributed by atoms with van der Waals surface area (Å²) in [5.41, 5.74) is 0. The molecule has 0 N–H and O–H groups in total. The Labute approximate surface area is 114 Å². The van der Waals surface area contributed by atoms with Crippen molar-refractivity contribution in [1.82, 2.24) is 4.90 Å². The molecular formula is C15H21NO3. The highest BCUT2D eigenvalue weighted by Gasteiger charge is 2.31. The first-order chi connectivity index (χ1) is 9.35. The molecule has 19 heavy (non-hydrogen) atoms. The van der Waals surface area contributed by atoms with Crippen LogP contribution < -0.4 is 9.47 Å². The van der Waals surface area contributed by atoms with Crippen molar-refractivity contribution in [2.24, 2.45) is 5.92 Å². The molecule has 0 unspecified atom stereocenters. The Morgan fingerprint density at radius 1 is 1.26 bits per heavy atom. The second-order valence-electron chi connectivity index (χ2n) is 5.34. The molecule has 104 valence electrons. The fourth-order valence-corrected chi connectivity index (χ4v) is 2.73. The predicted octanol–water partition coefficient (Wildman–Crippen LogP) is 1.79. The van der Waals surface area contributed by atoms with Gasteiger partial charge in [-0.1, -0.05) is 12.1 Å². The van der Waals surface area contributed by atoms with Gasteiger partial charge >= 0.3 is 0 Å². The molecule has 1 aromatic carbocycles. The number of hydrogen-bond acceptors (Lipinski definition) is 4. The fourth-order valence-electron chi connectivity index (χ4n) is 2.73. The molecule has 0 aliphatic carbocycles. The molecular weight excluding hydrogens is 242 g/mol. The molecule has 4 nitrogen and oxygen atoms in total. The van der Waals surface area contributed by atoms with Gasteiger partial charge in [-0.05, 0) is 24.5 Å². The molecule has 0 radical (unpaired) electrons. The van der Waals surface area contributed by atoms with E-state index in [2.05, 4.69) is 4.90 Å². The Morgan fingerprint density at radius 3 is 2.74 bits per heavy atom. The first-order valence-electron chi connectivity index (χ1n) is 6.95.